The number of nitrogens with zero attached hydrogens (tertiary/aromatic N) is 1. The SMILES string of the molecule is NCC1Cc2ccccc2CN1CCO. The maximum atomic E-state index is 9.00. The van der Waals surface area contributed by atoms with Crippen molar-refractivity contribution in [1.29, 1.82) is 0 Å². The van der Waals surface area contributed by atoms with Crippen LogP contribution in [0.4, 0.5) is 0 Å². The molecule has 0 aliphatic carbocycles. The molecule has 0 radical (unpaired) electrons. The van der Waals surface area contributed by atoms with E-state index in [0.29, 0.717) is 12.6 Å². The molecule has 0 aromatic heterocycles. The molecule has 0 bridgehead atoms. The molecule has 1 aliphatic rings. The van der Waals surface area contributed by atoms with Gasteiger partial charge in [-0.3, -0.25) is 4.90 Å². The smallest absolute Gasteiger partial charge is 0.0558 e. The van der Waals surface area contributed by atoms with Crippen molar-refractivity contribution >= 4 is 0 Å². The van der Waals surface area contributed by atoms with Crippen LogP contribution in [0.1, 0.15) is 11.1 Å². The lowest BCUT2D eigenvalue weighted by Gasteiger charge is -2.35. The molecule has 0 spiro atoms. The first-order valence-electron chi connectivity index (χ1n) is 5.47. The van der Waals surface area contributed by atoms with Crippen molar-refractivity contribution in [3.63, 3.8) is 0 Å². The lowest BCUT2D eigenvalue weighted by molar-refractivity contribution is 0.136. The monoisotopic (exact) mass is 206 g/mol. The second-order valence-corrected chi connectivity index (χ2v) is 4.06. The number of fused-ring (bicyclic) bond motifs is 1. The third-order valence-corrected chi connectivity index (χ3v) is 3.12. The van der Waals surface area contributed by atoms with E-state index in [1.165, 1.54) is 11.1 Å². The average molecular weight is 206 g/mol. The van der Waals surface area contributed by atoms with E-state index in [-0.39, 0.29) is 6.61 Å². The largest absolute Gasteiger partial charge is 0.395 e. The van der Waals surface area contributed by atoms with Gasteiger partial charge in [0.2, 0.25) is 0 Å². The molecule has 0 fully saturated rings. The summed E-state index contributed by atoms with van der Waals surface area (Å²) in [6, 6.07) is 8.86. The Hall–Kier alpha value is -0.900. The Bertz CT molecular complexity index is 327. The van der Waals surface area contributed by atoms with Gasteiger partial charge < -0.3 is 10.8 Å². The number of benzene rings is 1. The predicted octanol–water partition coefficient (Wildman–Crippen LogP) is 0.364. The van der Waals surface area contributed by atoms with Gasteiger partial charge in [-0.1, -0.05) is 24.3 Å². The molecule has 15 heavy (non-hydrogen) atoms. The first kappa shape index (κ1) is 10.6. The van der Waals surface area contributed by atoms with Crippen LogP contribution in [0.2, 0.25) is 0 Å². The highest BCUT2D eigenvalue weighted by Gasteiger charge is 2.23. The van der Waals surface area contributed by atoms with Gasteiger partial charge in [-0.15, -0.1) is 0 Å². The highest BCUT2D eigenvalue weighted by Crippen LogP contribution is 2.22. The van der Waals surface area contributed by atoms with Crippen molar-refractivity contribution in [2.24, 2.45) is 5.73 Å². The van der Waals surface area contributed by atoms with E-state index in [0.717, 1.165) is 19.5 Å². The summed E-state index contributed by atoms with van der Waals surface area (Å²) in [6.07, 6.45) is 1.01. The second kappa shape index (κ2) is 4.75. The van der Waals surface area contributed by atoms with Crippen LogP contribution in [0.15, 0.2) is 24.3 Å². The van der Waals surface area contributed by atoms with Crippen LogP contribution in [0.5, 0.6) is 0 Å². The standard InChI is InChI=1S/C12H18N2O/c13-8-12-7-10-3-1-2-4-11(10)9-14(12)5-6-15/h1-4,12,15H,5-9,13H2. The third-order valence-electron chi connectivity index (χ3n) is 3.12. The van der Waals surface area contributed by atoms with Crippen molar-refractivity contribution in [3.05, 3.63) is 35.4 Å². The number of β-amino-alcohol motifs (C(OH)–C–C–N with tert-alkyl or cyclic N) is 1. The summed E-state index contributed by atoms with van der Waals surface area (Å²) < 4.78 is 0. The fourth-order valence-corrected chi connectivity index (χ4v) is 2.26. The van der Waals surface area contributed by atoms with Crippen LogP contribution in [-0.2, 0) is 13.0 Å². The summed E-state index contributed by atoms with van der Waals surface area (Å²) in [5.74, 6) is 0. The fourth-order valence-electron chi connectivity index (χ4n) is 2.26. The molecular formula is C12H18N2O. The van der Waals surface area contributed by atoms with Gasteiger partial charge in [-0.05, 0) is 17.5 Å². The van der Waals surface area contributed by atoms with E-state index in [9.17, 15) is 0 Å². The van der Waals surface area contributed by atoms with Crippen LogP contribution in [0.25, 0.3) is 0 Å². The Morgan fingerprint density at radius 1 is 1.33 bits per heavy atom. The highest BCUT2D eigenvalue weighted by atomic mass is 16.3. The highest BCUT2D eigenvalue weighted by molar-refractivity contribution is 5.30. The third kappa shape index (κ3) is 2.20. The zero-order chi connectivity index (χ0) is 10.7. The van der Waals surface area contributed by atoms with Crippen LogP contribution < -0.4 is 5.73 Å². The van der Waals surface area contributed by atoms with Crippen LogP contribution in [-0.4, -0.2) is 35.7 Å². The molecule has 0 saturated carbocycles. The maximum Gasteiger partial charge on any atom is 0.0558 e. The first-order chi connectivity index (χ1) is 7.35. The van der Waals surface area contributed by atoms with E-state index in [4.69, 9.17) is 10.8 Å². The molecule has 3 N–H and O–H groups in total. The molecule has 3 heteroatoms. The number of nitrogens with two attached hydrogens (primary N) is 1. The molecule has 1 aromatic rings. The topological polar surface area (TPSA) is 49.5 Å². The van der Waals surface area contributed by atoms with Crippen molar-refractivity contribution in [2.45, 2.75) is 19.0 Å². The molecule has 1 atom stereocenters. The van der Waals surface area contributed by atoms with E-state index in [1.807, 2.05) is 0 Å². The summed E-state index contributed by atoms with van der Waals surface area (Å²) in [4.78, 5) is 2.27. The minimum absolute atomic E-state index is 0.207. The summed E-state index contributed by atoms with van der Waals surface area (Å²) in [5, 5.41) is 9.00. The molecule has 1 unspecified atom stereocenters. The molecule has 82 valence electrons. The van der Waals surface area contributed by atoms with Crippen LogP contribution >= 0.6 is 0 Å². The maximum absolute atomic E-state index is 9.00. The molecular weight excluding hydrogens is 188 g/mol. The normalized spacial score (nSPS) is 21.3. The van der Waals surface area contributed by atoms with E-state index in [1.54, 1.807) is 0 Å². The summed E-state index contributed by atoms with van der Waals surface area (Å²) in [6.45, 7) is 2.50. The zero-order valence-electron chi connectivity index (χ0n) is 8.89. The number of aliphatic hydroxyl groups is 1. The molecule has 1 aliphatic heterocycles. The summed E-state index contributed by atoms with van der Waals surface area (Å²) in [7, 11) is 0. The predicted molar refractivity (Wildman–Crippen MR) is 60.5 cm³/mol. The lowest BCUT2D eigenvalue weighted by Crippen LogP contribution is -2.46. The molecule has 0 amide bonds. The average Bonchev–Trinajstić information content (AvgIpc) is 2.28. The van der Waals surface area contributed by atoms with Crippen molar-refractivity contribution in [2.75, 3.05) is 19.7 Å². The Morgan fingerprint density at radius 3 is 2.73 bits per heavy atom. The van der Waals surface area contributed by atoms with Crippen LogP contribution in [0, 0.1) is 0 Å². The van der Waals surface area contributed by atoms with Crippen LogP contribution in [0.3, 0.4) is 0 Å². The van der Waals surface area contributed by atoms with Gasteiger partial charge in [0.15, 0.2) is 0 Å². The van der Waals surface area contributed by atoms with Gasteiger partial charge in [-0.25, -0.2) is 0 Å². The second-order valence-electron chi connectivity index (χ2n) is 4.06. The number of rotatable bonds is 3. The summed E-state index contributed by atoms with van der Waals surface area (Å²) in [5.41, 5.74) is 8.53. The zero-order valence-corrected chi connectivity index (χ0v) is 8.89. The molecule has 0 saturated heterocycles. The molecule has 3 nitrogen and oxygen atoms in total. The Morgan fingerprint density at radius 2 is 2.07 bits per heavy atom. The molecule has 1 heterocycles. The van der Waals surface area contributed by atoms with Crippen molar-refractivity contribution in [1.82, 2.24) is 4.90 Å². The minimum atomic E-state index is 0.207. The number of aliphatic hydroxyl groups excluding tert-OH is 1. The van der Waals surface area contributed by atoms with Crippen molar-refractivity contribution in [3.8, 4) is 0 Å². The first-order valence-corrected chi connectivity index (χ1v) is 5.47. The molecule has 1 aromatic carbocycles. The van der Waals surface area contributed by atoms with E-state index in [2.05, 4.69) is 29.2 Å². The minimum Gasteiger partial charge on any atom is -0.395 e. The Balaban J connectivity index is 2.19. The van der Waals surface area contributed by atoms with Gasteiger partial charge >= 0.3 is 0 Å². The van der Waals surface area contributed by atoms with Gasteiger partial charge in [0.1, 0.15) is 0 Å². The van der Waals surface area contributed by atoms with Crippen molar-refractivity contribution < 1.29 is 5.11 Å². The Kier molecular flexibility index (Phi) is 3.36. The Labute approximate surface area is 90.5 Å². The van der Waals surface area contributed by atoms with Gasteiger partial charge in [0, 0.05) is 25.7 Å². The lowest BCUT2D eigenvalue weighted by atomic mass is 9.94. The molecule has 2 rings (SSSR count). The summed E-state index contributed by atoms with van der Waals surface area (Å²) >= 11 is 0. The van der Waals surface area contributed by atoms with E-state index >= 15 is 0 Å². The van der Waals surface area contributed by atoms with Gasteiger partial charge in [0.25, 0.3) is 0 Å². The van der Waals surface area contributed by atoms with Gasteiger partial charge in [0.05, 0.1) is 6.61 Å². The van der Waals surface area contributed by atoms with Gasteiger partial charge in [-0.2, -0.15) is 0 Å². The number of hydrogen-bond donors (Lipinski definition) is 2. The number of hydrogen-bond acceptors (Lipinski definition) is 3. The van der Waals surface area contributed by atoms with E-state index < -0.39 is 0 Å². The fraction of sp³-hybridized carbons (Fsp3) is 0.500. The quantitative estimate of drug-likeness (QED) is 0.751.